The zero-order valence-corrected chi connectivity index (χ0v) is 14.9. The molecule has 0 saturated carbocycles. The van der Waals surface area contributed by atoms with Crippen LogP contribution >= 0.6 is 0 Å². The summed E-state index contributed by atoms with van der Waals surface area (Å²) in [5, 5.41) is 4.11. The second-order valence-electron chi connectivity index (χ2n) is 6.04. The molecule has 0 atom stereocenters. The first-order chi connectivity index (χ1) is 14.2. The summed E-state index contributed by atoms with van der Waals surface area (Å²) in [6, 6.07) is 7.04. The number of rotatable bonds is 5. The lowest BCUT2D eigenvalue weighted by Gasteiger charge is -2.18. The molecule has 3 rings (SSSR count). The largest absolute Gasteiger partial charge is 0.352 e. The summed E-state index contributed by atoms with van der Waals surface area (Å²) in [5.41, 5.74) is -1.88. The fraction of sp³-hybridized carbons (Fsp3) is 0.0500. The quantitative estimate of drug-likeness (QED) is 0.597. The van der Waals surface area contributed by atoms with Crippen LogP contribution in [0.4, 0.5) is 33.3 Å². The molecule has 2 N–H and O–H groups in total. The number of nitrogens with zero attached hydrogens (tertiary/aromatic N) is 1. The Labute approximate surface area is 166 Å². The summed E-state index contributed by atoms with van der Waals surface area (Å²) < 4.78 is 69.4. The number of anilines is 2. The molecule has 0 unspecified atom stereocenters. The van der Waals surface area contributed by atoms with Gasteiger partial charge in [0.15, 0.2) is 11.6 Å². The Morgan fingerprint density at radius 1 is 0.767 bits per heavy atom. The van der Waals surface area contributed by atoms with Crippen molar-refractivity contribution in [3.63, 3.8) is 0 Å². The Bertz CT molecular complexity index is 1110. The Morgan fingerprint density at radius 3 is 2.10 bits per heavy atom. The lowest BCUT2D eigenvalue weighted by Crippen LogP contribution is -2.33. The summed E-state index contributed by atoms with van der Waals surface area (Å²) in [6.07, 6.45) is 2.52. The third-order valence-electron chi connectivity index (χ3n) is 3.97. The van der Waals surface area contributed by atoms with E-state index in [1.807, 2.05) is 5.32 Å². The fourth-order valence-corrected chi connectivity index (χ4v) is 2.45. The van der Waals surface area contributed by atoms with Gasteiger partial charge in [-0.1, -0.05) is 0 Å². The van der Waals surface area contributed by atoms with Crippen LogP contribution in [0.3, 0.4) is 0 Å². The topological polar surface area (TPSA) is 71.1 Å². The molecule has 3 aromatic rings. The number of alkyl halides is 2. The summed E-state index contributed by atoms with van der Waals surface area (Å²) in [5.74, 6) is -10.9. The van der Waals surface area contributed by atoms with Gasteiger partial charge in [-0.3, -0.25) is 14.6 Å². The number of benzene rings is 2. The minimum absolute atomic E-state index is 0.0160. The van der Waals surface area contributed by atoms with Crippen molar-refractivity contribution in [1.29, 1.82) is 0 Å². The van der Waals surface area contributed by atoms with E-state index in [1.165, 1.54) is 24.5 Å². The van der Waals surface area contributed by atoms with Crippen LogP contribution in [-0.4, -0.2) is 16.8 Å². The molecule has 0 aliphatic heterocycles. The average Bonchev–Trinajstić information content (AvgIpc) is 2.71. The van der Waals surface area contributed by atoms with Crippen molar-refractivity contribution in [3.05, 3.63) is 89.5 Å². The maximum Gasteiger partial charge on any atom is 0.352 e. The molecule has 0 saturated heterocycles. The molecule has 0 aliphatic rings. The van der Waals surface area contributed by atoms with Crippen LogP contribution in [0.25, 0.3) is 0 Å². The highest BCUT2D eigenvalue weighted by atomic mass is 19.3. The first-order valence-electron chi connectivity index (χ1n) is 8.34. The van der Waals surface area contributed by atoms with E-state index in [1.54, 1.807) is 0 Å². The molecule has 154 valence electrons. The van der Waals surface area contributed by atoms with Crippen molar-refractivity contribution in [3.8, 4) is 0 Å². The van der Waals surface area contributed by atoms with E-state index in [9.17, 15) is 31.5 Å². The number of halogens is 5. The van der Waals surface area contributed by atoms with Crippen LogP contribution in [0.15, 0.2) is 60.9 Å². The lowest BCUT2D eigenvalue weighted by molar-refractivity contribution is -0.141. The molecule has 2 amide bonds. The zero-order chi connectivity index (χ0) is 21.9. The SMILES string of the molecule is O=C(Nc1ccc(F)c(F)c1)c1ccc(F)c(C(F)(F)C(=O)Nc2ccncc2)c1. The number of aromatic nitrogens is 1. The van der Waals surface area contributed by atoms with Gasteiger partial charge in [-0.25, -0.2) is 13.2 Å². The van der Waals surface area contributed by atoms with Gasteiger partial charge < -0.3 is 10.6 Å². The van der Waals surface area contributed by atoms with Gasteiger partial charge in [-0.05, 0) is 42.5 Å². The van der Waals surface area contributed by atoms with Crippen LogP contribution in [0.2, 0.25) is 0 Å². The number of hydrogen-bond acceptors (Lipinski definition) is 3. The molecular formula is C20H12F5N3O2. The lowest BCUT2D eigenvalue weighted by atomic mass is 10.0. The standard InChI is InChI=1S/C20H12F5N3O2/c21-15-3-1-11(18(29)27-13-2-4-16(22)17(23)10-13)9-14(15)20(24,25)19(30)28-12-5-7-26-8-6-12/h1-10H,(H,27,29)(H,26,28,30). The minimum atomic E-state index is -4.31. The van der Waals surface area contributed by atoms with Gasteiger partial charge in [0, 0.05) is 35.4 Å². The smallest absolute Gasteiger partial charge is 0.322 e. The van der Waals surface area contributed by atoms with Crippen LogP contribution in [0.1, 0.15) is 15.9 Å². The number of carbonyl (C=O) groups excluding carboxylic acids is 2. The van der Waals surface area contributed by atoms with Crippen molar-refractivity contribution in [1.82, 2.24) is 4.98 Å². The average molecular weight is 421 g/mol. The van der Waals surface area contributed by atoms with Crippen molar-refractivity contribution in [2.75, 3.05) is 10.6 Å². The van der Waals surface area contributed by atoms with Gasteiger partial charge in [0.25, 0.3) is 11.8 Å². The van der Waals surface area contributed by atoms with Gasteiger partial charge >= 0.3 is 5.92 Å². The summed E-state index contributed by atoms with van der Waals surface area (Å²) >= 11 is 0. The van der Waals surface area contributed by atoms with Crippen molar-refractivity contribution >= 4 is 23.2 Å². The predicted molar refractivity (Wildman–Crippen MR) is 97.5 cm³/mol. The minimum Gasteiger partial charge on any atom is -0.322 e. The van der Waals surface area contributed by atoms with E-state index in [0.29, 0.717) is 18.2 Å². The highest BCUT2D eigenvalue weighted by Crippen LogP contribution is 2.32. The maximum absolute atomic E-state index is 14.6. The zero-order valence-electron chi connectivity index (χ0n) is 14.9. The third kappa shape index (κ3) is 4.43. The number of nitrogens with one attached hydrogen (secondary N) is 2. The Hall–Kier alpha value is -3.82. The highest BCUT2D eigenvalue weighted by molar-refractivity contribution is 6.05. The molecule has 0 fully saturated rings. The van der Waals surface area contributed by atoms with Crippen molar-refractivity contribution in [2.24, 2.45) is 0 Å². The van der Waals surface area contributed by atoms with E-state index in [2.05, 4.69) is 10.3 Å². The Morgan fingerprint density at radius 2 is 1.43 bits per heavy atom. The molecular weight excluding hydrogens is 409 g/mol. The van der Waals surface area contributed by atoms with Crippen LogP contribution in [0.5, 0.6) is 0 Å². The second kappa shape index (κ2) is 8.27. The normalized spacial score (nSPS) is 11.1. The fourth-order valence-electron chi connectivity index (χ4n) is 2.45. The van der Waals surface area contributed by atoms with E-state index in [0.717, 1.165) is 18.2 Å². The number of pyridine rings is 1. The summed E-state index contributed by atoms with van der Waals surface area (Å²) in [7, 11) is 0. The Kier molecular flexibility index (Phi) is 5.77. The molecule has 1 aromatic heterocycles. The van der Waals surface area contributed by atoms with Gasteiger partial charge in [-0.2, -0.15) is 8.78 Å². The number of carbonyl (C=O) groups is 2. The third-order valence-corrected chi connectivity index (χ3v) is 3.97. The van der Waals surface area contributed by atoms with Gasteiger partial charge in [0.2, 0.25) is 0 Å². The first kappa shape index (κ1) is 20.9. The van der Waals surface area contributed by atoms with E-state index in [4.69, 9.17) is 0 Å². The molecule has 5 nitrogen and oxygen atoms in total. The predicted octanol–water partition coefficient (Wildman–Crippen LogP) is 4.48. The van der Waals surface area contributed by atoms with Crippen LogP contribution in [0, 0.1) is 17.5 Å². The molecule has 0 aliphatic carbocycles. The molecule has 1 heterocycles. The molecule has 0 bridgehead atoms. The first-order valence-corrected chi connectivity index (χ1v) is 8.34. The molecule has 0 radical (unpaired) electrons. The van der Waals surface area contributed by atoms with Gasteiger partial charge in [-0.15, -0.1) is 0 Å². The summed E-state index contributed by atoms with van der Waals surface area (Å²) in [4.78, 5) is 27.9. The van der Waals surface area contributed by atoms with E-state index in [-0.39, 0.29) is 11.4 Å². The summed E-state index contributed by atoms with van der Waals surface area (Å²) in [6.45, 7) is 0. The molecule has 10 heteroatoms. The maximum atomic E-state index is 14.6. The molecule has 30 heavy (non-hydrogen) atoms. The van der Waals surface area contributed by atoms with Gasteiger partial charge in [0.05, 0.1) is 5.56 Å². The van der Waals surface area contributed by atoms with Crippen molar-refractivity contribution in [2.45, 2.75) is 5.92 Å². The number of hydrogen-bond donors (Lipinski definition) is 2. The molecule has 2 aromatic carbocycles. The van der Waals surface area contributed by atoms with E-state index < -0.39 is 46.3 Å². The van der Waals surface area contributed by atoms with Crippen LogP contribution < -0.4 is 10.6 Å². The monoisotopic (exact) mass is 421 g/mol. The van der Waals surface area contributed by atoms with Crippen LogP contribution in [-0.2, 0) is 10.7 Å². The van der Waals surface area contributed by atoms with Crippen molar-refractivity contribution < 1.29 is 31.5 Å². The second-order valence-corrected chi connectivity index (χ2v) is 6.04. The molecule has 0 spiro atoms. The Balaban J connectivity index is 1.85. The number of amides is 2. The van der Waals surface area contributed by atoms with E-state index >= 15 is 0 Å². The van der Waals surface area contributed by atoms with Gasteiger partial charge in [0.1, 0.15) is 5.82 Å². The highest BCUT2D eigenvalue weighted by Gasteiger charge is 2.43.